The molecule has 2 amide bonds. The van der Waals surface area contributed by atoms with Crippen molar-refractivity contribution >= 4 is 17.5 Å². The summed E-state index contributed by atoms with van der Waals surface area (Å²) in [6, 6.07) is 14.7. The number of anilines is 1. The molecule has 0 saturated heterocycles. The van der Waals surface area contributed by atoms with E-state index in [1.165, 1.54) is 4.90 Å². The summed E-state index contributed by atoms with van der Waals surface area (Å²) in [7, 11) is 0. The van der Waals surface area contributed by atoms with Crippen LogP contribution < -0.4 is 15.0 Å². The number of hydrogen-bond donors (Lipinski definition) is 1. The van der Waals surface area contributed by atoms with Gasteiger partial charge in [-0.05, 0) is 37.1 Å². The van der Waals surface area contributed by atoms with Crippen LogP contribution in [0.4, 0.5) is 5.69 Å². The van der Waals surface area contributed by atoms with Crippen LogP contribution in [0.3, 0.4) is 0 Å². The van der Waals surface area contributed by atoms with E-state index >= 15 is 0 Å². The second-order valence-electron chi connectivity index (χ2n) is 5.90. The lowest BCUT2D eigenvalue weighted by molar-refractivity contribution is -0.127. The van der Waals surface area contributed by atoms with Crippen LogP contribution >= 0.6 is 0 Å². The van der Waals surface area contributed by atoms with Crippen LogP contribution in [0.15, 0.2) is 48.5 Å². The Labute approximate surface area is 141 Å². The van der Waals surface area contributed by atoms with Gasteiger partial charge in [0.2, 0.25) is 5.91 Å². The molecule has 0 spiro atoms. The smallest absolute Gasteiger partial charge is 0.265 e. The molecule has 0 radical (unpaired) electrons. The van der Waals surface area contributed by atoms with E-state index in [4.69, 9.17) is 4.74 Å². The van der Waals surface area contributed by atoms with Gasteiger partial charge in [-0.2, -0.15) is 0 Å². The summed E-state index contributed by atoms with van der Waals surface area (Å²) < 4.78 is 5.46. The molecule has 0 aliphatic carbocycles. The number of benzene rings is 2. The van der Waals surface area contributed by atoms with Crippen LogP contribution in [-0.4, -0.2) is 24.5 Å². The maximum atomic E-state index is 12.5. The van der Waals surface area contributed by atoms with Crippen molar-refractivity contribution in [2.45, 2.75) is 26.4 Å². The minimum Gasteiger partial charge on any atom is -0.482 e. The predicted molar refractivity (Wildman–Crippen MR) is 91.9 cm³/mol. The minimum atomic E-state index is -0.606. The van der Waals surface area contributed by atoms with Gasteiger partial charge < -0.3 is 10.1 Å². The third kappa shape index (κ3) is 3.25. The molecule has 0 aromatic heterocycles. The molecule has 1 atom stereocenters. The molecule has 1 N–H and O–H groups in total. The Balaban J connectivity index is 1.76. The van der Waals surface area contributed by atoms with Crippen LogP contribution in [0, 0.1) is 6.92 Å². The first-order valence-corrected chi connectivity index (χ1v) is 7.93. The summed E-state index contributed by atoms with van der Waals surface area (Å²) in [5.74, 6) is 0.222. The van der Waals surface area contributed by atoms with E-state index in [9.17, 15) is 9.59 Å². The van der Waals surface area contributed by atoms with Crippen molar-refractivity contribution in [2.24, 2.45) is 0 Å². The summed E-state index contributed by atoms with van der Waals surface area (Å²) in [6.07, 6.45) is 0. The summed E-state index contributed by atoms with van der Waals surface area (Å²) in [4.78, 5) is 26.3. The first-order valence-electron chi connectivity index (χ1n) is 7.93. The lowest BCUT2D eigenvalue weighted by Crippen LogP contribution is -2.51. The quantitative estimate of drug-likeness (QED) is 0.940. The van der Waals surface area contributed by atoms with E-state index in [2.05, 4.69) is 5.32 Å². The first-order chi connectivity index (χ1) is 11.6. The van der Waals surface area contributed by atoms with E-state index in [1.54, 1.807) is 6.92 Å². The Morgan fingerprint density at radius 1 is 1.25 bits per heavy atom. The van der Waals surface area contributed by atoms with Crippen molar-refractivity contribution in [1.82, 2.24) is 5.32 Å². The fraction of sp³-hybridized carbons (Fsp3) is 0.263. The molecule has 2 aromatic carbocycles. The van der Waals surface area contributed by atoms with Crippen molar-refractivity contribution < 1.29 is 14.3 Å². The van der Waals surface area contributed by atoms with Gasteiger partial charge in [0, 0.05) is 6.54 Å². The monoisotopic (exact) mass is 324 g/mol. The molecule has 3 rings (SSSR count). The second kappa shape index (κ2) is 6.74. The number of carbonyl (C=O) groups is 2. The number of ether oxygens (including phenoxy) is 1. The molecular weight excluding hydrogens is 304 g/mol. The Morgan fingerprint density at radius 3 is 2.75 bits per heavy atom. The van der Waals surface area contributed by atoms with Crippen LogP contribution in [0.25, 0.3) is 0 Å². The van der Waals surface area contributed by atoms with E-state index in [-0.39, 0.29) is 18.4 Å². The van der Waals surface area contributed by atoms with Gasteiger partial charge in [0.25, 0.3) is 5.91 Å². The highest BCUT2D eigenvalue weighted by Gasteiger charge is 2.32. The second-order valence-corrected chi connectivity index (χ2v) is 5.90. The van der Waals surface area contributed by atoms with Crippen molar-refractivity contribution in [3.05, 3.63) is 59.7 Å². The number of carbonyl (C=O) groups excluding carboxylic acids is 2. The van der Waals surface area contributed by atoms with Crippen molar-refractivity contribution in [3.63, 3.8) is 0 Å². The molecule has 1 heterocycles. The van der Waals surface area contributed by atoms with Gasteiger partial charge in [0.1, 0.15) is 11.8 Å². The Kier molecular flexibility index (Phi) is 4.51. The zero-order valence-corrected chi connectivity index (χ0v) is 13.8. The SMILES string of the molecule is Cc1ccc2c(c1)N([C@H](C)C(=O)NCc1ccccc1)C(=O)CO2. The average molecular weight is 324 g/mol. The highest BCUT2D eigenvalue weighted by atomic mass is 16.5. The fourth-order valence-corrected chi connectivity index (χ4v) is 2.76. The van der Waals surface area contributed by atoms with Crippen LogP contribution in [0.5, 0.6) is 5.75 Å². The Morgan fingerprint density at radius 2 is 2.00 bits per heavy atom. The lowest BCUT2D eigenvalue weighted by Gasteiger charge is -2.33. The molecule has 0 unspecified atom stereocenters. The maximum absolute atomic E-state index is 12.5. The molecule has 5 heteroatoms. The molecule has 1 aliphatic heterocycles. The van der Waals surface area contributed by atoms with Gasteiger partial charge in [0.05, 0.1) is 5.69 Å². The summed E-state index contributed by atoms with van der Waals surface area (Å²) in [5, 5.41) is 2.89. The Hall–Kier alpha value is -2.82. The third-order valence-electron chi connectivity index (χ3n) is 4.07. The molecule has 5 nitrogen and oxygen atoms in total. The van der Waals surface area contributed by atoms with Gasteiger partial charge in [-0.25, -0.2) is 0 Å². The van der Waals surface area contributed by atoms with Gasteiger partial charge in [-0.1, -0.05) is 36.4 Å². The van der Waals surface area contributed by atoms with Gasteiger partial charge in [0.15, 0.2) is 6.61 Å². The van der Waals surface area contributed by atoms with Crippen molar-refractivity contribution in [3.8, 4) is 5.75 Å². The average Bonchev–Trinajstić information content (AvgIpc) is 2.60. The lowest BCUT2D eigenvalue weighted by atomic mass is 10.1. The zero-order chi connectivity index (χ0) is 17.1. The zero-order valence-electron chi connectivity index (χ0n) is 13.8. The topological polar surface area (TPSA) is 58.6 Å². The summed E-state index contributed by atoms with van der Waals surface area (Å²) in [5.41, 5.74) is 2.67. The molecule has 1 aliphatic rings. The summed E-state index contributed by atoms with van der Waals surface area (Å²) in [6.45, 7) is 4.06. The molecule has 2 aromatic rings. The number of rotatable bonds is 4. The number of amides is 2. The molecule has 0 saturated carbocycles. The fourth-order valence-electron chi connectivity index (χ4n) is 2.76. The molecular formula is C19H20N2O3. The highest BCUT2D eigenvalue weighted by Crippen LogP contribution is 2.34. The van der Waals surface area contributed by atoms with Gasteiger partial charge >= 0.3 is 0 Å². The molecule has 124 valence electrons. The van der Waals surface area contributed by atoms with E-state index < -0.39 is 6.04 Å². The normalized spacial score (nSPS) is 14.6. The third-order valence-corrected chi connectivity index (χ3v) is 4.07. The van der Waals surface area contributed by atoms with Crippen LogP contribution in [0.1, 0.15) is 18.1 Å². The minimum absolute atomic E-state index is 0.0492. The van der Waals surface area contributed by atoms with Crippen molar-refractivity contribution in [2.75, 3.05) is 11.5 Å². The number of aryl methyl sites for hydroxylation is 1. The number of nitrogens with zero attached hydrogens (tertiary/aromatic N) is 1. The molecule has 24 heavy (non-hydrogen) atoms. The van der Waals surface area contributed by atoms with Gasteiger partial charge in [-0.15, -0.1) is 0 Å². The first kappa shape index (κ1) is 16.1. The largest absolute Gasteiger partial charge is 0.482 e. The predicted octanol–water partition coefficient (Wildman–Crippen LogP) is 2.43. The summed E-state index contributed by atoms with van der Waals surface area (Å²) >= 11 is 0. The van der Waals surface area contributed by atoms with Gasteiger partial charge in [-0.3, -0.25) is 14.5 Å². The number of fused-ring (bicyclic) bond motifs is 1. The van der Waals surface area contributed by atoms with E-state index in [0.717, 1.165) is 11.1 Å². The maximum Gasteiger partial charge on any atom is 0.265 e. The molecule has 0 fully saturated rings. The number of nitrogens with one attached hydrogen (secondary N) is 1. The highest BCUT2D eigenvalue weighted by molar-refractivity contribution is 6.03. The van der Waals surface area contributed by atoms with Crippen LogP contribution in [0.2, 0.25) is 0 Å². The van der Waals surface area contributed by atoms with E-state index in [1.807, 2.05) is 55.5 Å². The molecule has 0 bridgehead atoms. The Bertz CT molecular complexity index is 758. The number of hydrogen-bond acceptors (Lipinski definition) is 3. The van der Waals surface area contributed by atoms with Crippen LogP contribution in [-0.2, 0) is 16.1 Å². The van der Waals surface area contributed by atoms with Crippen molar-refractivity contribution in [1.29, 1.82) is 0 Å². The standard InChI is InChI=1S/C19H20N2O3/c1-13-8-9-17-16(10-13)21(18(22)12-24-17)14(2)19(23)20-11-15-6-4-3-5-7-15/h3-10,14H,11-12H2,1-2H3,(H,20,23)/t14-/m1/s1. The van der Waals surface area contributed by atoms with E-state index in [0.29, 0.717) is 18.0 Å².